The van der Waals surface area contributed by atoms with Crippen LogP contribution in [0.2, 0.25) is 0 Å². The highest BCUT2D eigenvalue weighted by Gasteiger charge is 2.90. The van der Waals surface area contributed by atoms with Crippen molar-refractivity contribution in [1.29, 1.82) is 0 Å². The zero-order valence-electron chi connectivity index (χ0n) is 19.9. The molecule has 0 unspecified atom stereocenters. The molecule has 234 valence electrons. The molecule has 0 saturated carbocycles. The van der Waals surface area contributed by atoms with Crippen LogP contribution in [0.1, 0.15) is 30.4 Å². The first-order valence-corrected chi connectivity index (χ1v) is 10.7. The van der Waals surface area contributed by atoms with Crippen LogP contribution in [0.15, 0.2) is 24.3 Å². The highest BCUT2D eigenvalue weighted by Crippen LogP contribution is 2.60. The fourth-order valence-corrected chi connectivity index (χ4v) is 2.92. The van der Waals surface area contributed by atoms with E-state index in [2.05, 4.69) is 4.74 Å². The summed E-state index contributed by atoms with van der Waals surface area (Å²) in [5.74, 6) is -40.2. The molecule has 1 amide bonds. The van der Waals surface area contributed by atoms with E-state index in [1.807, 2.05) is 5.32 Å². The molecule has 1 aromatic carbocycles. The lowest BCUT2D eigenvalue weighted by Gasteiger charge is -2.39. The monoisotopic (exact) mass is 627 g/mol. The zero-order valence-corrected chi connectivity index (χ0v) is 19.9. The number of benzene rings is 1. The van der Waals surface area contributed by atoms with Gasteiger partial charge in [-0.1, -0.05) is 24.3 Å². The number of carbonyl (C=O) groups is 3. The predicted octanol–water partition coefficient (Wildman–Crippen LogP) is 5.90. The van der Waals surface area contributed by atoms with Gasteiger partial charge in [-0.15, -0.1) is 0 Å². The van der Waals surface area contributed by atoms with Gasteiger partial charge in [-0.05, 0) is 24.0 Å². The van der Waals surface area contributed by atoms with Crippen molar-refractivity contribution in [2.24, 2.45) is 0 Å². The zero-order chi connectivity index (χ0) is 32.2. The number of halogens is 13. The predicted molar refractivity (Wildman–Crippen MR) is 107 cm³/mol. The van der Waals surface area contributed by atoms with E-state index < -0.39 is 92.2 Å². The van der Waals surface area contributed by atoms with Gasteiger partial charge in [-0.3, -0.25) is 4.79 Å². The Morgan fingerprint density at radius 2 is 1.20 bits per heavy atom. The minimum absolute atomic E-state index is 0.0407. The van der Waals surface area contributed by atoms with Crippen molar-refractivity contribution < 1.29 is 86.4 Å². The maximum absolute atomic E-state index is 13.9. The van der Waals surface area contributed by atoms with Crippen molar-refractivity contribution in [3.05, 3.63) is 35.4 Å². The lowest BCUT2D eigenvalue weighted by Crippen LogP contribution is -2.70. The number of carboxylic acid groups (broad SMARTS) is 2. The van der Waals surface area contributed by atoms with Crippen LogP contribution in [0.5, 0.6) is 0 Å². The molecule has 0 radical (unpaired) electrons. The molecule has 20 heteroatoms. The lowest BCUT2D eigenvalue weighted by molar-refractivity contribution is -0.440. The summed E-state index contributed by atoms with van der Waals surface area (Å²) in [6, 6.07) is 2.06. The number of rotatable bonds is 14. The number of hydrogen-bond acceptors (Lipinski definition) is 4. The highest BCUT2D eigenvalue weighted by molar-refractivity contribution is 5.80. The van der Waals surface area contributed by atoms with E-state index >= 15 is 0 Å². The van der Waals surface area contributed by atoms with Crippen LogP contribution in [-0.4, -0.2) is 70.1 Å². The fraction of sp³-hybridized carbons (Fsp3) is 0.571. The first-order chi connectivity index (χ1) is 18.3. The second kappa shape index (κ2) is 12.2. The summed E-state index contributed by atoms with van der Waals surface area (Å²) < 4.78 is 176. The average Bonchev–Trinajstić information content (AvgIpc) is 2.83. The highest BCUT2D eigenvalue weighted by atomic mass is 19.4. The van der Waals surface area contributed by atoms with Gasteiger partial charge >= 0.3 is 53.8 Å². The Balaban J connectivity index is 2.89. The SMILES string of the molecule is O=C(O)CC[C@@H](NC(=O)OCc1ccc(CCC(F)(F)C(F)(F)C(F)(F)C(F)(F)C(F)(F)C(F)(F)F)cc1)C(=O)O. The van der Waals surface area contributed by atoms with Gasteiger partial charge in [-0.2, -0.15) is 57.1 Å². The topological polar surface area (TPSA) is 113 Å². The molecule has 0 aliphatic carbocycles. The van der Waals surface area contributed by atoms with Gasteiger partial charge in [-0.25, -0.2) is 9.59 Å². The van der Waals surface area contributed by atoms with Gasteiger partial charge in [0.05, 0.1) is 0 Å². The Morgan fingerprint density at radius 3 is 1.63 bits per heavy atom. The fourth-order valence-electron chi connectivity index (χ4n) is 2.92. The van der Waals surface area contributed by atoms with E-state index in [0.717, 1.165) is 24.3 Å². The minimum atomic E-state index is -7.97. The van der Waals surface area contributed by atoms with Gasteiger partial charge in [0.2, 0.25) is 0 Å². The van der Waals surface area contributed by atoms with Crippen LogP contribution in [0.4, 0.5) is 61.9 Å². The molecule has 0 aliphatic rings. The Kier molecular flexibility index (Phi) is 10.6. The molecule has 0 aliphatic heterocycles. The van der Waals surface area contributed by atoms with Crippen LogP contribution >= 0.6 is 0 Å². The summed E-state index contributed by atoms with van der Waals surface area (Å²) in [5, 5.41) is 19.3. The van der Waals surface area contributed by atoms with Gasteiger partial charge in [0.25, 0.3) is 0 Å². The van der Waals surface area contributed by atoms with E-state index in [1.54, 1.807) is 0 Å². The second-order valence-corrected chi connectivity index (χ2v) is 8.36. The van der Waals surface area contributed by atoms with Crippen LogP contribution in [0, 0.1) is 0 Å². The molecule has 7 nitrogen and oxygen atoms in total. The number of aryl methyl sites for hydroxylation is 1. The Bertz CT molecular complexity index is 1090. The van der Waals surface area contributed by atoms with E-state index in [9.17, 15) is 71.5 Å². The third-order valence-electron chi connectivity index (χ3n) is 5.36. The first kappa shape index (κ1) is 35.5. The van der Waals surface area contributed by atoms with Gasteiger partial charge in [0.15, 0.2) is 0 Å². The Morgan fingerprint density at radius 1 is 0.732 bits per heavy atom. The maximum atomic E-state index is 13.9. The van der Waals surface area contributed by atoms with Crippen molar-refractivity contribution in [3.63, 3.8) is 0 Å². The van der Waals surface area contributed by atoms with E-state index in [4.69, 9.17) is 10.2 Å². The summed E-state index contributed by atoms with van der Waals surface area (Å²) in [4.78, 5) is 33.2. The van der Waals surface area contributed by atoms with Crippen molar-refractivity contribution in [1.82, 2.24) is 5.32 Å². The molecule has 1 rings (SSSR count). The number of carbonyl (C=O) groups excluding carboxylic acids is 1. The molecule has 41 heavy (non-hydrogen) atoms. The van der Waals surface area contributed by atoms with Crippen molar-refractivity contribution in [3.8, 4) is 0 Å². The second-order valence-electron chi connectivity index (χ2n) is 8.36. The van der Waals surface area contributed by atoms with Crippen molar-refractivity contribution >= 4 is 18.0 Å². The quantitative estimate of drug-likeness (QED) is 0.222. The lowest BCUT2D eigenvalue weighted by atomic mass is 9.91. The number of nitrogens with one attached hydrogen (secondary N) is 1. The minimum Gasteiger partial charge on any atom is -0.481 e. The number of aliphatic carboxylic acids is 2. The smallest absolute Gasteiger partial charge is 0.460 e. The number of amides is 1. The third-order valence-corrected chi connectivity index (χ3v) is 5.36. The van der Waals surface area contributed by atoms with Crippen LogP contribution in [0.25, 0.3) is 0 Å². The molecule has 3 N–H and O–H groups in total. The summed E-state index contributed by atoms with van der Waals surface area (Å²) in [6.07, 6.45) is -13.7. The molecule has 1 atom stereocenters. The van der Waals surface area contributed by atoms with Gasteiger partial charge in [0.1, 0.15) is 12.6 Å². The third kappa shape index (κ3) is 7.63. The van der Waals surface area contributed by atoms with E-state index in [1.165, 1.54) is 0 Å². The van der Waals surface area contributed by atoms with Crippen LogP contribution in [-0.2, 0) is 27.4 Å². The largest absolute Gasteiger partial charge is 0.481 e. The number of ether oxygens (including phenoxy) is 1. The van der Waals surface area contributed by atoms with Crippen LogP contribution < -0.4 is 5.32 Å². The molecule has 0 spiro atoms. The number of hydrogen-bond donors (Lipinski definition) is 3. The standard InChI is InChI=1S/C21H18F13NO6/c22-16(23,17(24,25)18(26,27)19(28,29)20(30,31)21(32,33)34)8-7-10-1-3-11(4-2-10)9-41-15(40)35-12(14(38)39)5-6-13(36)37/h1-4,12H,5-9H2,(H,35,40)(H,36,37)(H,38,39)/t12-/m1/s1. The average molecular weight is 627 g/mol. The normalized spacial score (nSPS) is 14.4. The molecule has 1 aromatic rings. The van der Waals surface area contributed by atoms with Gasteiger partial charge in [0, 0.05) is 12.8 Å². The van der Waals surface area contributed by atoms with Crippen molar-refractivity contribution in [2.75, 3.05) is 0 Å². The van der Waals surface area contributed by atoms with E-state index in [0.29, 0.717) is 0 Å². The first-order valence-electron chi connectivity index (χ1n) is 10.7. The summed E-state index contributed by atoms with van der Waals surface area (Å²) in [5.41, 5.74) is -0.331. The summed E-state index contributed by atoms with van der Waals surface area (Å²) in [6.45, 7) is -0.625. The molecule has 0 fully saturated rings. The maximum Gasteiger partial charge on any atom is 0.460 e. The van der Waals surface area contributed by atoms with Crippen LogP contribution in [0.3, 0.4) is 0 Å². The molecule has 0 bridgehead atoms. The summed E-state index contributed by atoms with van der Waals surface area (Å²) >= 11 is 0. The molecule has 0 aromatic heterocycles. The molecule has 0 saturated heterocycles. The summed E-state index contributed by atoms with van der Waals surface area (Å²) in [7, 11) is 0. The number of carboxylic acids is 2. The molecule has 0 heterocycles. The number of alkyl halides is 13. The van der Waals surface area contributed by atoms with Gasteiger partial charge < -0.3 is 20.3 Å². The van der Waals surface area contributed by atoms with E-state index in [-0.39, 0.29) is 11.1 Å². The Labute approximate surface area is 220 Å². The number of alkyl carbamates (subject to hydrolysis) is 1. The van der Waals surface area contributed by atoms with Crippen molar-refractivity contribution in [2.45, 2.75) is 74.1 Å². The molecular weight excluding hydrogens is 609 g/mol. The molecular formula is C21H18F13NO6. The Hall–Kier alpha value is -3.48.